The highest BCUT2D eigenvalue weighted by atomic mass is 32.2. The van der Waals surface area contributed by atoms with E-state index >= 15 is 0 Å². The maximum Gasteiger partial charge on any atom is 0.301 e. The van der Waals surface area contributed by atoms with Crippen molar-refractivity contribution in [2.45, 2.75) is 36.4 Å². The minimum atomic E-state index is -1.03. The third kappa shape index (κ3) is 6.41. The number of nitrogens with zero attached hydrogens (tertiary/aromatic N) is 3. The van der Waals surface area contributed by atoms with Crippen LogP contribution in [0.1, 0.15) is 43.0 Å². The predicted molar refractivity (Wildman–Crippen MR) is 189 cm³/mol. The molecule has 2 aliphatic rings. The third-order valence-electron chi connectivity index (χ3n) is 8.14. The van der Waals surface area contributed by atoms with Crippen molar-refractivity contribution in [2.75, 3.05) is 31.3 Å². The van der Waals surface area contributed by atoms with Crippen LogP contribution in [-0.4, -0.2) is 53.4 Å². The molecule has 250 valence electrons. The molecule has 1 aromatic heterocycles. The number of rotatable bonds is 11. The van der Waals surface area contributed by atoms with Crippen molar-refractivity contribution in [3.8, 4) is 23.0 Å². The van der Waals surface area contributed by atoms with E-state index in [1.54, 1.807) is 36.4 Å². The maximum absolute atomic E-state index is 13.9. The van der Waals surface area contributed by atoms with Crippen LogP contribution < -0.4 is 23.8 Å². The predicted octanol–water partition coefficient (Wildman–Crippen LogP) is 7.57. The van der Waals surface area contributed by atoms with Gasteiger partial charge < -0.3 is 24.1 Å². The molecular formula is C37H33N3O7S2. The molecule has 49 heavy (non-hydrogen) atoms. The number of benzene rings is 4. The van der Waals surface area contributed by atoms with Gasteiger partial charge in [0.2, 0.25) is 5.13 Å². The zero-order valence-electron chi connectivity index (χ0n) is 26.9. The normalized spacial score (nSPS) is 16.7. The van der Waals surface area contributed by atoms with Crippen LogP contribution in [0.5, 0.6) is 23.0 Å². The van der Waals surface area contributed by atoms with Gasteiger partial charge >= 0.3 is 5.91 Å². The van der Waals surface area contributed by atoms with Crippen molar-refractivity contribution in [2.24, 2.45) is 0 Å². The van der Waals surface area contributed by atoms with Gasteiger partial charge in [-0.1, -0.05) is 78.6 Å². The van der Waals surface area contributed by atoms with Gasteiger partial charge in [0.05, 0.1) is 24.8 Å². The van der Waals surface area contributed by atoms with Crippen molar-refractivity contribution >= 4 is 56.5 Å². The van der Waals surface area contributed by atoms with E-state index in [2.05, 4.69) is 34.5 Å². The lowest BCUT2D eigenvalue weighted by Crippen LogP contribution is -2.29. The molecule has 0 unspecified atom stereocenters. The molecule has 5 aromatic rings. The highest BCUT2D eigenvalue weighted by Crippen LogP contribution is 2.46. The Morgan fingerprint density at radius 1 is 0.939 bits per heavy atom. The average Bonchev–Trinajstić information content (AvgIpc) is 3.71. The highest BCUT2D eigenvalue weighted by Gasteiger charge is 2.48. The number of ketones is 1. The number of carbonyl (C=O) groups excluding carboxylic acids is 2. The summed E-state index contributed by atoms with van der Waals surface area (Å²) in [5.41, 5.74) is 1.90. The number of aliphatic hydroxyl groups excluding tert-OH is 1. The molecule has 1 fully saturated rings. The van der Waals surface area contributed by atoms with Gasteiger partial charge in [0.1, 0.15) is 19.0 Å². The standard InChI is InChI=1S/C37H33N3O7S2/c1-3-16-45-27-14-12-23(19-29(27)44-4-2)32-31(33(41)24-13-15-28-30(20-24)47-18-17-46-28)34(42)35(43)40(32)36-38-39-37(49-36)48-21-25-10-7-9-22-8-5-6-11-26(22)25/h5-15,19-20,32,41H,3-4,16-18,21H2,1-2H3/b33-31+/t32-/m0/s1. The largest absolute Gasteiger partial charge is 0.507 e. The first kappa shape index (κ1) is 32.5. The molecular weight excluding hydrogens is 663 g/mol. The number of thioether (sulfide) groups is 1. The van der Waals surface area contributed by atoms with Gasteiger partial charge in [-0.2, -0.15) is 0 Å². The fourth-order valence-electron chi connectivity index (χ4n) is 5.90. The highest BCUT2D eigenvalue weighted by molar-refractivity contribution is 8.00. The Bertz CT molecular complexity index is 2070. The molecule has 10 nitrogen and oxygen atoms in total. The Balaban J connectivity index is 1.28. The summed E-state index contributed by atoms with van der Waals surface area (Å²) in [6.45, 7) is 5.50. The van der Waals surface area contributed by atoms with E-state index in [-0.39, 0.29) is 16.5 Å². The number of hydrogen-bond acceptors (Lipinski definition) is 11. The number of amides is 1. The summed E-state index contributed by atoms with van der Waals surface area (Å²) in [5, 5.41) is 23.0. The Hall–Kier alpha value is -5.07. The Morgan fingerprint density at radius 3 is 2.59 bits per heavy atom. The SMILES string of the molecule is CCCOc1ccc([C@H]2/C(=C(\O)c3ccc4c(c3)OCCO4)C(=O)C(=O)N2c2nnc(SCc3cccc4ccccc34)s2)cc1OCC. The van der Waals surface area contributed by atoms with Crippen LogP contribution in [0.2, 0.25) is 0 Å². The van der Waals surface area contributed by atoms with Crippen molar-refractivity contribution < 1.29 is 33.6 Å². The molecule has 0 bridgehead atoms. The lowest BCUT2D eigenvalue weighted by molar-refractivity contribution is -0.132. The van der Waals surface area contributed by atoms with Crippen molar-refractivity contribution in [3.63, 3.8) is 0 Å². The van der Waals surface area contributed by atoms with Crippen molar-refractivity contribution in [1.29, 1.82) is 0 Å². The lowest BCUT2D eigenvalue weighted by atomic mass is 9.95. The van der Waals surface area contributed by atoms with Crippen LogP contribution in [-0.2, 0) is 15.3 Å². The molecule has 12 heteroatoms. The molecule has 2 aliphatic heterocycles. The average molecular weight is 696 g/mol. The van der Waals surface area contributed by atoms with Gasteiger partial charge in [-0.25, -0.2) is 0 Å². The molecule has 0 saturated carbocycles. The zero-order chi connectivity index (χ0) is 33.9. The van der Waals surface area contributed by atoms with Crippen LogP contribution in [0, 0.1) is 0 Å². The number of aromatic nitrogens is 2. The third-order valence-corrected chi connectivity index (χ3v) is 10.2. The number of anilines is 1. The molecule has 3 heterocycles. The van der Waals surface area contributed by atoms with Crippen LogP contribution >= 0.6 is 23.1 Å². The number of carbonyl (C=O) groups is 2. The van der Waals surface area contributed by atoms with Crippen molar-refractivity contribution in [1.82, 2.24) is 10.2 Å². The summed E-state index contributed by atoms with van der Waals surface area (Å²) in [6.07, 6.45) is 0.806. The van der Waals surface area contributed by atoms with Crippen LogP contribution in [0.4, 0.5) is 5.13 Å². The Morgan fingerprint density at radius 2 is 1.76 bits per heavy atom. The monoisotopic (exact) mass is 695 g/mol. The van der Waals surface area contributed by atoms with E-state index in [0.29, 0.717) is 70.6 Å². The molecule has 1 saturated heterocycles. The number of aliphatic hydroxyl groups is 1. The van der Waals surface area contributed by atoms with Gasteiger partial charge in [-0.15, -0.1) is 10.2 Å². The first-order valence-electron chi connectivity index (χ1n) is 16.0. The number of fused-ring (bicyclic) bond motifs is 2. The minimum Gasteiger partial charge on any atom is -0.507 e. The van der Waals surface area contributed by atoms with Gasteiger partial charge in [0.15, 0.2) is 27.3 Å². The first-order chi connectivity index (χ1) is 24.0. The molecule has 1 atom stereocenters. The van der Waals surface area contributed by atoms with Gasteiger partial charge in [0, 0.05) is 11.3 Å². The van der Waals surface area contributed by atoms with Crippen LogP contribution in [0.15, 0.2) is 88.8 Å². The van der Waals surface area contributed by atoms with E-state index in [1.807, 2.05) is 32.0 Å². The van der Waals surface area contributed by atoms with Crippen LogP contribution in [0.25, 0.3) is 16.5 Å². The molecule has 7 rings (SSSR count). The topological polar surface area (TPSA) is 120 Å². The second kappa shape index (κ2) is 14.2. The summed E-state index contributed by atoms with van der Waals surface area (Å²) in [7, 11) is 0. The fourth-order valence-corrected chi connectivity index (χ4v) is 7.77. The zero-order valence-corrected chi connectivity index (χ0v) is 28.5. The minimum absolute atomic E-state index is 0.0912. The summed E-state index contributed by atoms with van der Waals surface area (Å²) in [4.78, 5) is 29.1. The van der Waals surface area contributed by atoms with E-state index in [1.165, 1.54) is 28.0 Å². The summed E-state index contributed by atoms with van der Waals surface area (Å²) < 4.78 is 23.8. The van der Waals surface area contributed by atoms with Crippen molar-refractivity contribution in [3.05, 3.63) is 101 Å². The van der Waals surface area contributed by atoms with E-state index in [4.69, 9.17) is 18.9 Å². The lowest BCUT2D eigenvalue weighted by Gasteiger charge is -2.24. The summed E-state index contributed by atoms with van der Waals surface area (Å²) in [5.74, 6) is 0.597. The second-order valence-corrected chi connectivity index (χ2v) is 13.5. The molecule has 1 N–H and O–H groups in total. The molecule has 4 aromatic carbocycles. The summed E-state index contributed by atoms with van der Waals surface area (Å²) in [6, 6.07) is 23.5. The van der Waals surface area contributed by atoms with Gasteiger partial charge in [-0.3, -0.25) is 14.5 Å². The second-order valence-electron chi connectivity index (χ2n) is 11.3. The van der Waals surface area contributed by atoms with Gasteiger partial charge in [-0.05, 0) is 65.6 Å². The Labute approximate surface area is 291 Å². The molecule has 0 aliphatic carbocycles. The Kier molecular flexibility index (Phi) is 9.41. The van der Waals surface area contributed by atoms with E-state index < -0.39 is 17.7 Å². The summed E-state index contributed by atoms with van der Waals surface area (Å²) >= 11 is 2.71. The fraction of sp³-hybridized carbons (Fsp3) is 0.243. The van der Waals surface area contributed by atoms with Crippen LogP contribution in [0.3, 0.4) is 0 Å². The smallest absolute Gasteiger partial charge is 0.301 e. The maximum atomic E-state index is 13.9. The molecule has 1 amide bonds. The van der Waals surface area contributed by atoms with E-state index in [9.17, 15) is 14.7 Å². The van der Waals surface area contributed by atoms with E-state index in [0.717, 1.165) is 22.8 Å². The first-order valence-corrected chi connectivity index (χ1v) is 17.8. The number of ether oxygens (including phenoxy) is 4. The quantitative estimate of drug-likeness (QED) is 0.0487. The number of Topliss-reactive ketones (excluding diaryl/α,β-unsaturated/α-hetero) is 1. The molecule has 0 radical (unpaired) electrons. The molecule has 0 spiro atoms. The number of hydrogen-bond donors (Lipinski definition) is 1. The van der Waals surface area contributed by atoms with Gasteiger partial charge in [0.25, 0.3) is 5.78 Å².